The second kappa shape index (κ2) is 4.16. The normalized spacial score (nSPS) is 19.7. The van der Waals surface area contributed by atoms with Gasteiger partial charge in [0.05, 0.1) is 16.2 Å². The van der Waals surface area contributed by atoms with E-state index in [0.717, 1.165) is 21.9 Å². The summed E-state index contributed by atoms with van der Waals surface area (Å²) in [5.41, 5.74) is 7.01. The zero-order valence-corrected chi connectivity index (χ0v) is 10.9. The number of nitrogen functional groups attached to an aromatic ring is 1. The van der Waals surface area contributed by atoms with Crippen LogP contribution in [0.25, 0.3) is 0 Å². The highest BCUT2D eigenvalue weighted by molar-refractivity contribution is 9.10. The SMILES string of the molecule is Cc1nn(C(C)C2CCCC2)c(N)c1Br. The topological polar surface area (TPSA) is 43.8 Å². The molecule has 1 saturated carbocycles. The average Bonchev–Trinajstić information content (AvgIpc) is 2.82. The van der Waals surface area contributed by atoms with Crippen LogP contribution in [0.3, 0.4) is 0 Å². The Balaban J connectivity index is 2.24. The Morgan fingerprint density at radius 2 is 2.07 bits per heavy atom. The van der Waals surface area contributed by atoms with Crippen LogP contribution < -0.4 is 5.73 Å². The fraction of sp³-hybridized carbons (Fsp3) is 0.727. The van der Waals surface area contributed by atoms with Gasteiger partial charge in [0.2, 0.25) is 0 Å². The molecule has 4 heteroatoms. The molecule has 15 heavy (non-hydrogen) atoms. The van der Waals surface area contributed by atoms with Crippen molar-refractivity contribution in [3.63, 3.8) is 0 Å². The minimum absolute atomic E-state index is 0.428. The number of halogens is 1. The van der Waals surface area contributed by atoms with Crippen molar-refractivity contribution < 1.29 is 0 Å². The summed E-state index contributed by atoms with van der Waals surface area (Å²) in [6, 6.07) is 0.428. The van der Waals surface area contributed by atoms with E-state index in [1.54, 1.807) is 0 Å². The minimum Gasteiger partial charge on any atom is -0.383 e. The van der Waals surface area contributed by atoms with Crippen LogP contribution in [-0.2, 0) is 0 Å². The predicted octanol–water partition coefficient (Wildman–Crippen LogP) is 3.29. The molecule has 0 saturated heterocycles. The molecule has 2 N–H and O–H groups in total. The Morgan fingerprint density at radius 3 is 2.53 bits per heavy atom. The van der Waals surface area contributed by atoms with Gasteiger partial charge in [0.15, 0.2) is 0 Å². The third-order valence-electron chi connectivity index (χ3n) is 3.51. The number of aryl methyl sites for hydroxylation is 1. The Bertz CT molecular complexity index is 353. The molecule has 1 aromatic rings. The van der Waals surface area contributed by atoms with Crippen LogP contribution in [0.1, 0.15) is 44.3 Å². The lowest BCUT2D eigenvalue weighted by Gasteiger charge is -2.20. The molecule has 1 atom stereocenters. The maximum atomic E-state index is 6.03. The van der Waals surface area contributed by atoms with Crippen LogP contribution in [0.2, 0.25) is 0 Å². The first-order chi connectivity index (χ1) is 7.11. The second-order valence-corrected chi connectivity index (χ2v) is 5.31. The maximum Gasteiger partial charge on any atom is 0.136 e. The largest absolute Gasteiger partial charge is 0.383 e. The predicted molar refractivity (Wildman–Crippen MR) is 65.7 cm³/mol. The number of aromatic nitrogens is 2. The summed E-state index contributed by atoms with van der Waals surface area (Å²) in [5, 5.41) is 4.50. The van der Waals surface area contributed by atoms with Crippen LogP contribution >= 0.6 is 15.9 Å². The molecule has 0 radical (unpaired) electrons. The summed E-state index contributed by atoms with van der Waals surface area (Å²) in [4.78, 5) is 0. The summed E-state index contributed by atoms with van der Waals surface area (Å²) >= 11 is 3.47. The van der Waals surface area contributed by atoms with Crippen LogP contribution in [0.5, 0.6) is 0 Å². The Morgan fingerprint density at radius 1 is 1.47 bits per heavy atom. The van der Waals surface area contributed by atoms with E-state index in [0.29, 0.717) is 6.04 Å². The molecule has 1 aromatic heterocycles. The maximum absolute atomic E-state index is 6.03. The molecular formula is C11H18BrN3. The third-order valence-corrected chi connectivity index (χ3v) is 4.49. The number of nitrogens with two attached hydrogens (primary N) is 1. The highest BCUT2D eigenvalue weighted by Gasteiger charge is 2.25. The van der Waals surface area contributed by atoms with E-state index < -0.39 is 0 Å². The fourth-order valence-electron chi connectivity index (χ4n) is 2.50. The van der Waals surface area contributed by atoms with Crippen molar-refractivity contribution in [2.75, 3.05) is 5.73 Å². The van der Waals surface area contributed by atoms with E-state index in [9.17, 15) is 0 Å². The van der Waals surface area contributed by atoms with Gasteiger partial charge in [-0.1, -0.05) is 12.8 Å². The summed E-state index contributed by atoms with van der Waals surface area (Å²) in [5.74, 6) is 1.52. The molecule has 1 unspecified atom stereocenters. The molecule has 1 heterocycles. The van der Waals surface area contributed by atoms with Crippen LogP contribution in [0.4, 0.5) is 5.82 Å². The van der Waals surface area contributed by atoms with Crippen molar-refractivity contribution in [2.45, 2.75) is 45.6 Å². The molecule has 0 aliphatic heterocycles. The Labute approximate surface area is 99.2 Å². The van der Waals surface area contributed by atoms with Crippen molar-refractivity contribution in [2.24, 2.45) is 5.92 Å². The first-order valence-electron chi connectivity index (χ1n) is 5.61. The van der Waals surface area contributed by atoms with Crippen LogP contribution in [0.15, 0.2) is 4.47 Å². The Hall–Kier alpha value is -0.510. The molecule has 84 valence electrons. The molecule has 0 amide bonds. The van der Waals surface area contributed by atoms with Gasteiger partial charge >= 0.3 is 0 Å². The van der Waals surface area contributed by atoms with E-state index in [1.807, 2.05) is 11.6 Å². The van der Waals surface area contributed by atoms with E-state index in [2.05, 4.69) is 28.0 Å². The van der Waals surface area contributed by atoms with Crippen molar-refractivity contribution in [3.05, 3.63) is 10.2 Å². The van der Waals surface area contributed by atoms with Gasteiger partial charge in [0.1, 0.15) is 5.82 Å². The molecular weight excluding hydrogens is 254 g/mol. The van der Waals surface area contributed by atoms with Gasteiger partial charge in [-0.3, -0.25) is 0 Å². The number of anilines is 1. The molecule has 3 nitrogen and oxygen atoms in total. The van der Waals surface area contributed by atoms with E-state index in [4.69, 9.17) is 5.73 Å². The second-order valence-electron chi connectivity index (χ2n) is 4.51. The standard InChI is InChI=1S/C11H18BrN3/c1-7-10(12)11(13)15(14-7)8(2)9-5-3-4-6-9/h8-9H,3-6,13H2,1-2H3. The fourth-order valence-corrected chi connectivity index (χ4v) is 2.76. The lowest BCUT2D eigenvalue weighted by molar-refractivity contribution is 0.338. The van der Waals surface area contributed by atoms with Gasteiger partial charge in [-0.2, -0.15) is 5.10 Å². The first kappa shape index (κ1) is 11.0. The number of nitrogens with zero attached hydrogens (tertiary/aromatic N) is 2. The molecule has 0 aromatic carbocycles. The number of hydrogen-bond donors (Lipinski definition) is 1. The van der Waals surface area contributed by atoms with Gasteiger partial charge in [-0.25, -0.2) is 4.68 Å². The van der Waals surface area contributed by atoms with Crippen molar-refractivity contribution in [3.8, 4) is 0 Å². The zero-order valence-electron chi connectivity index (χ0n) is 9.33. The smallest absolute Gasteiger partial charge is 0.136 e. The van der Waals surface area contributed by atoms with Crippen molar-refractivity contribution in [1.29, 1.82) is 0 Å². The van der Waals surface area contributed by atoms with Crippen molar-refractivity contribution in [1.82, 2.24) is 9.78 Å². The van der Waals surface area contributed by atoms with Gasteiger partial charge < -0.3 is 5.73 Å². The lowest BCUT2D eigenvalue weighted by atomic mass is 10.0. The molecule has 2 rings (SSSR count). The Kier molecular flexibility index (Phi) is 3.05. The summed E-state index contributed by atoms with van der Waals surface area (Å²) in [7, 11) is 0. The highest BCUT2D eigenvalue weighted by atomic mass is 79.9. The molecule has 1 aliphatic rings. The molecule has 0 bridgehead atoms. The number of hydrogen-bond acceptors (Lipinski definition) is 2. The lowest BCUT2D eigenvalue weighted by Crippen LogP contribution is -2.17. The van der Waals surface area contributed by atoms with Crippen LogP contribution in [-0.4, -0.2) is 9.78 Å². The highest BCUT2D eigenvalue weighted by Crippen LogP contribution is 2.36. The zero-order chi connectivity index (χ0) is 11.0. The van der Waals surface area contributed by atoms with E-state index in [-0.39, 0.29) is 0 Å². The van der Waals surface area contributed by atoms with Gasteiger partial charge in [-0.05, 0) is 48.5 Å². The quantitative estimate of drug-likeness (QED) is 0.897. The van der Waals surface area contributed by atoms with E-state index >= 15 is 0 Å². The van der Waals surface area contributed by atoms with Gasteiger partial charge in [0, 0.05) is 0 Å². The first-order valence-corrected chi connectivity index (χ1v) is 6.40. The monoisotopic (exact) mass is 271 g/mol. The summed E-state index contributed by atoms with van der Waals surface area (Å²) in [6.45, 7) is 4.21. The number of rotatable bonds is 2. The van der Waals surface area contributed by atoms with E-state index in [1.165, 1.54) is 25.7 Å². The van der Waals surface area contributed by atoms with Gasteiger partial charge in [0.25, 0.3) is 0 Å². The molecule has 0 spiro atoms. The van der Waals surface area contributed by atoms with Crippen molar-refractivity contribution >= 4 is 21.7 Å². The van der Waals surface area contributed by atoms with Gasteiger partial charge in [-0.15, -0.1) is 0 Å². The molecule has 1 aliphatic carbocycles. The third kappa shape index (κ3) is 1.92. The summed E-state index contributed by atoms with van der Waals surface area (Å²) < 4.78 is 2.93. The average molecular weight is 272 g/mol. The minimum atomic E-state index is 0.428. The van der Waals surface area contributed by atoms with Crippen LogP contribution in [0, 0.1) is 12.8 Å². The molecule has 1 fully saturated rings. The summed E-state index contributed by atoms with van der Waals surface area (Å²) in [6.07, 6.45) is 5.35.